The molecule has 0 radical (unpaired) electrons. The van der Waals surface area contributed by atoms with E-state index in [0.29, 0.717) is 22.8 Å². The Kier molecular flexibility index (Phi) is 6.98. The van der Waals surface area contributed by atoms with Crippen LogP contribution in [-0.4, -0.2) is 39.7 Å². The third-order valence-electron chi connectivity index (χ3n) is 4.82. The molecule has 1 heterocycles. The van der Waals surface area contributed by atoms with Crippen LogP contribution in [0.3, 0.4) is 0 Å². The molecule has 3 rings (SSSR count). The molecule has 1 saturated carbocycles. The van der Waals surface area contributed by atoms with Gasteiger partial charge in [-0.25, -0.2) is 4.68 Å². The first kappa shape index (κ1) is 19.5. The number of nitrogens with one attached hydrogen (secondary N) is 1. The first-order valence-electron chi connectivity index (χ1n) is 9.45. The lowest BCUT2D eigenvalue weighted by Gasteiger charge is -2.20. The summed E-state index contributed by atoms with van der Waals surface area (Å²) in [5.41, 5.74) is 0.765. The summed E-state index contributed by atoms with van der Waals surface area (Å²) < 4.78 is 6.77. The number of nitrogens with zero attached hydrogens (tertiary/aromatic N) is 3. The van der Waals surface area contributed by atoms with E-state index in [1.54, 1.807) is 7.11 Å². The quantitative estimate of drug-likeness (QED) is 0.582. The van der Waals surface area contributed by atoms with Gasteiger partial charge in [0.25, 0.3) is 0 Å². The maximum absolute atomic E-state index is 12.3. The minimum Gasteiger partial charge on any atom is -0.496 e. The molecule has 0 atom stereocenters. The Bertz CT molecular complexity index is 756. The lowest BCUT2D eigenvalue weighted by atomic mass is 9.97. The van der Waals surface area contributed by atoms with Crippen molar-refractivity contribution < 1.29 is 9.53 Å². The van der Waals surface area contributed by atoms with Gasteiger partial charge in [0.1, 0.15) is 5.75 Å². The lowest BCUT2D eigenvalue weighted by Crippen LogP contribution is -2.36. The first-order chi connectivity index (χ1) is 13.2. The number of carbonyl (C=O) groups excluding carboxylic acids is 1. The van der Waals surface area contributed by atoms with Crippen LogP contribution in [0.2, 0.25) is 0 Å². The van der Waals surface area contributed by atoms with Crippen molar-refractivity contribution in [3.05, 3.63) is 24.3 Å². The number of ether oxygens (including phenoxy) is 1. The molecule has 0 aliphatic heterocycles. The van der Waals surface area contributed by atoms with Crippen molar-refractivity contribution in [2.45, 2.75) is 56.1 Å². The Hall–Kier alpha value is -2.22. The molecule has 3 N–H and O–H groups in total. The van der Waals surface area contributed by atoms with Crippen molar-refractivity contribution in [3.8, 4) is 17.1 Å². The molecule has 1 aliphatic carbocycles. The predicted octanol–water partition coefficient (Wildman–Crippen LogP) is 2.99. The molecule has 146 valence electrons. The monoisotopic (exact) mass is 389 g/mol. The lowest BCUT2D eigenvalue weighted by molar-refractivity contribution is -0.119. The van der Waals surface area contributed by atoms with E-state index in [4.69, 9.17) is 10.6 Å². The van der Waals surface area contributed by atoms with Crippen molar-refractivity contribution in [1.82, 2.24) is 20.2 Å². The van der Waals surface area contributed by atoms with Gasteiger partial charge in [0.2, 0.25) is 11.1 Å². The summed E-state index contributed by atoms with van der Waals surface area (Å²) in [6.07, 6.45) is 8.38. The van der Waals surface area contributed by atoms with Crippen LogP contribution in [0.15, 0.2) is 29.4 Å². The fourth-order valence-electron chi connectivity index (χ4n) is 3.39. The van der Waals surface area contributed by atoms with Crippen LogP contribution >= 0.6 is 11.8 Å². The number of methoxy groups -OCH3 is 1. The van der Waals surface area contributed by atoms with Crippen molar-refractivity contribution in [2.24, 2.45) is 0 Å². The minimum absolute atomic E-state index is 0.0208. The Balaban J connectivity index is 1.58. The standard InChI is InChI=1S/C19H27N5O2S/c1-26-16-12-8-7-11-15(16)18-22-23-19(24(18)20)27-13-17(25)21-14-9-5-3-2-4-6-10-14/h7-8,11-12,14H,2-6,9-10,13,20H2,1H3,(H,21,25). The number of hydrogen-bond donors (Lipinski definition) is 2. The molecule has 27 heavy (non-hydrogen) atoms. The van der Waals surface area contributed by atoms with Gasteiger partial charge >= 0.3 is 0 Å². The van der Waals surface area contributed by atoms with Crippen molar-refractivity contribution in [2.75, 3.05) is 18.7 Å². The van der Waals surface area contributed by atoms with Crippen molar-refractivity contribution in [1.29, 1.82) is 0 Å². The van der Waals surface area contributed by atoms with Crippen LogP contribution in [0, 0.1) is 0 Å². The van der Waals surface area contributed by atoms with E-state index in [0.717, 1.165) is 18.4 Å². The van der Waals surface area contributed by atoms with Crippen LogP contribution < -0.4 is 15.9 Å². The molecule has 7 nitrogen and oxygen atoms in total. The summed E-state index contributed by atoms with van der Waals surface area (Å²) in [5, 5.41) is 12.0. The molecule has 1 amide bonds. The Labute approximate surface area is 164 Å². The third kappa shape index (κ3) is 5.15. The highest BCUT2D eigenvalue weighted by Crippen LogP contribution is 2.29. The van der Waals surface area contributed by atoms with Crippen LogP contribution in [0.25, 0.3) is 11.4 Å². The molecule has 0 unspecified atom stereocenters. The maximum atomic E-state index is 12.3. The van der Waals surface area contributed by atoms with Gasteiger partial charge < -0.3 is 15.9 Å². The maximum Gasteiger partial charge on any atom is 0.230 e. The van der Waals surface area contributed by atoms with Gasteiger partial charge in [-0.15, -0.1) is 10.2 Å². The molecular formula is C19H27N5O2S. The van der Waals surface area contributed by atoms with E-state index in [1.165, 1.54) is 48.5 Å². The number of nitrogen functional groups attached to an aromatic ring is 1. The average Bonchev–Trinajstić information content (AvgIpc) is 3.02. The summed E-state index contributed by atoms with van der Waals surface area (Å²) in [7, 11) is 1.60. The largest absolute Gasteiger partial charge is 0.496 e. The number of benzene rings is 1. The first-order valence-corrected chi connectivity index (χ1v) is 10.4. The molecule has 1 aromatic carbocycles. The number of rotatable bonds is 6. The second kappa shape index (κ2) is 9.64. The Morgan fingerprint density at radius 1 is 1.22 bits per heavy atom. The zero-order valence-corrected chi connectivity index (χ0v) is 16.5. The second-order valence-electron chi connectivity index (χ2n) is 6.77. The molecule has 1 aliphatic rings. The topological polar surface area (TPSA) is 95.1 Å². The van der Waals surface area contributed by atoms with Gasteiger partial charge in [0, 0.05) is 6.04 Å². The van der Waals surface area contributed by atoms with Gasteiger partial charge in [-0.1, -0.05) is 56.0 Å². The zero-order valence-electron chi connectivity index (χ0n) is 15.7. The number of thioether (sulfide) groups is 1. The summed E-state index contributed by atoms with van der Waals surface area (Å²) in [6, 6.07) is 7.79. The number of aromatic nitrogens is 3. The number of para-hydroxylation sites is 1. The molecule has 0 bridgehead atoms. The molecule has 1 aromatic heterocycles. The predicted molar refractivity (Wildman–Crippen MR) is 107 cm³/mol. The summed E-state index contributed by atoms with van der Waals surface area (Å²) in [5.74, 6) is 7.63. The van der Waals surface area contributed by atoms with Gasteiger partial charge in [-0.05, 0) is 25.0 Å². The fourth-order valence-corrected chi connectivity index (χ4v) is 4.06. The van der Waals surface area contributed by atoms with Crippen LogP contribution in [0.1, 0.15) is 44.9 Å². The van der Waals surface area contributed by atoms with E-state index in [-0.39, 0.29) is 11.7 Å². The summed E-state index contributed by atoms with van der Waals surface area (Å²) >= 11 is 1.29. The fraction of sp³-hybridized carbons (Fsp3) is 0.526. The van der Waals surface area contributed by atoms with Gasteiger partial charge in [-0.3, -0.25) is 4.79 Å². The zero-order chi connectivity index (χ0) is 19.1. The molecular weight excluding hydrogens is 362 g/mol. The summed E-state index contributed by atoms with van der Waals surface area (Å²) in [4.78, 5) is 12.3. The van der Waals surface area contributed by atoms with Gasteiger partial charge in [0.05, 0.1) is 18.4 Å². The number of nitrogens with two attached hydrogens (primary N) is 1. The summed E-state index contributed by atoms with van der Waals surface area (Å²) in [6.45, 7) is 0. The van der Waals surface area contributed by atoms with E-state index in [9.17, 15) is 4.79 Å². The normalized spacial score (nSPS) is 15.7. The van der Waals surface area contributed by atoms with Crippen molar-refractivity contribution in [3.63, 3.8) is 0 Å². The second-order valence-corrected chi connectivity index (χ2v) is 7.72. The SMILES string of the molecule is COc1ccccc1-c1nnc(SCC(=O)NC2CCCCCCC2)n1N. The highest BCUT2D eigenvalue weighted by molar-refractivity contribution is 7.99. The number of amides is 1. The molecule has 0 spiro atoms. The van der Waals surface area contributed by atoms with E-state index < -0.39 is 0 Å². The third-order valence-corrected chi connectivity index (χ3v) is 5.76. The minimum atomic E-state index is 0.0208. The van der Waals surface area contributed by atoms with E-state index >= 15 is 0 Å². The molecule has 8 heteroatoms. The Morgan fingerprint density at radius 3 is 2.67 bits per heavy atom. The van der Waals surface area contributed by atoms with Crippen LogP contribution in [0.4, 0.5) is 0 Å². The van der Waals surface area contributed by atoms with Crippen LogP contribution in [0.5, 0.6) is 5.75 Å². The van der Waals surface area contributed by atoms with Gasteiger partial charge in [0.15, 0.2) is 5.82 Å². The van der Waals surface area contributed by atoms with Crippen LogP contribution in [-0.2, 0) is 4.79 Å². The number of hydrogen-bond acceptors (Lipinski definition) is 6. The van der Waals surface area contributed by atoms with E-state index in [2.05, 4.69) is 15.5 Å². The average molecular weight is 390 g/mol. The van der Waals surface area contributed by atoms with E-state index in [1.807, 2.05) is 24.3 Å². The molecule has 2 aromatic rings. The smallest absolute Gasteiger partial charge is 0.230 e. The Morgan fingerprint density at radius 2 is 1.93 bits per heavy atom. The highest BCUT2D eigenvalue weighted by atomic mass is 32.2. The number of carbonyl (C=O) groups is 1. The highest BCUT2D eigenvalue weighted by Gasteiger charge is 2.18. The molecule has 0 saturated heterocycles. The van der Waals surface area contributed by atoms with Crippen molar-refractivity contribution >= 4 is 17.7 Å². The van der Waals surface area contributed by atoms with Gasteiger partial charge in [-0.2, -0.15) is 0 Å². The molecule has 1 fully saturated rings.